The van der Waals surface area contributed by atoms with Gasteiger partial charge in [0, 0.05) is 12.0 Å². The molecule has 0 aliphatic carbocycles. The van der Waals surface area contributed by atoms with E-state index in [1.165, 1.54) is 0 Å². The van der Waals surface area contributed by atoms with E-state index in [1.54, 1.807) is 6.07 Å². The van der Waals surface area contributed by atoms with Crippen LogP contribution in [0.2, 0.25) is 0 Å². The van der Waals surface area contributed by atoms with Crippen LogP contribution in [0, 0.1) is 5.92 Å². The Balaban J connectivity index is 0. The van der Waals surface area contributed by atoms with Crippen molar-refractivity contribution in [3.63, 3.8) is 0 Å². The molecule has 0 aromatic heterocycles. The third-order valence-corrected chi connectivity index (χ3v) is 3.29. The number of phenolic OH excluding ortho intramolecular Hbond substituents is 1. The van der Waals surface area contributed by atoms with Crippen LogP contribution in [0.5, 0.6) is 5.75 Å². The van der Waals surface area contributed by atoms with E-state index in [1.807, 2.05) is 38.1 Å². The van der Waals surface area contributed by atoms with E-state index in [9.17, 15) is 14.3 Å². The fourth-order valence-corrected chi connectivity index (χ4v) is 2.03. The minimum Gasteiger partial charge on any atom is -0.507 e. The average Bonchev–Trinajstić information content (AvgIpc) is 2.60. The molecule has 0 fully saturated rings. The summed E-state index contributed by atoms with van der Waals surface area (Å²) in [4.78, 5) is 18.9. The van der Waals surface area contributed by atoms with Gasteiger partial charge in [-0.15, -0.1) is 6.58 Å². The van der Waals surface area contributed by atoms with Crippen molar-refractivity contribution in [2.45, 2.75) is 46.5 Å². The number of hydrogen-bond acceptors (Lipinski definition) is 3. The molecule has 1 aromatic carbocycles. The first-order valence-electron chi connectivity index (χ1n) is 8.61. The van der Waals surface area contributed by atoms with Gasteiger partial charge < -0.3 is 15.0 Å². The molecule has 0 saturated heterocycles. The van der Waals surface area contributed by atoms with Crippen LogP contribution in [0.15, 0.2) is 43.0 Å². The number of carbonyl (C=O) groups excluding carboxylic acids is 1. The van der Waals surface area contributed by atoms with Gasteiger partial charge in [-0.3, -0.25) is 4.79 Å². The third-order valence-electron chi connectivity index (χ3n) is 3.29. The SMILES string of the molecule is C=CCCC(C)CC(=O)O.CC/C=C(/C)c1ccccc1O.O=CCF. The van der Waals surface area contributed by atoms with Crippen molar-refractivity contribution in [3.8, 4) is 5.75 Å². The van der Waals surface area contributed by atoms with Gasteiger partial charge in [0.05, 0.1) is 0 Å². The smallest absolute Gasteiger partial charge is 0.303 e. The fraction of sp³-hybridized carbons (Fsp3) is 0.429. The molecule has 0 bridgehead atoms. The minimum atomic E-state index is -0.861. The summed E-state index contributed by atoms with van der Waals surface area (Å²) in [5, 5.41) is 17.8. The topological polar surface area (TPSA) is 74.6 Å². The summed E-state index contributed by atoms with van der Waals surface area (Å²) in [6.07, 6.45) is 7.24. The molecule has 1 atom stereocenters. The molecule has 0 aliphatic heterocycles. The summed E-state index contributed by atoms with van der Waals surface area (Å²) in [5.41, 5.74) is 2.06. The number of carboxylic acid groups (broad SMARTS) is 1. The summed E-state index contributed by atoms with van der Waals surface area (Å²) in [7, 11) is 0. The van der Waals surface area contributed by atoms with Crippen molar-refractivity contribution in [1.82, 2.24) is 0 Å². The molecule has 0 heterocycles. The van der Waals surface area contributed by atoms with Gasteiger partial charge in [-0.25, -0.2) is 4.39 Å². The van der Waals surface area contributed by atoms with Gasteiger partial charge in [0.2, 0.25) is 0 Å². The van der Waals surface area contributed by atoms with Crippen molar-refractivity contribution in [2.75, 3.05) is 6.67 Å². The van der Waals surface area contributed by atoms with Gasteiger partial charge in [0.25, 0.3) is 0 Å². The lowest BCUT2D eigenvalue weighted by Gasteiger charge is -2.04. The maximum atomic E-state index is 10.4. The van der Waals surface area contributed by atoms with Crippen LogP contribution >= 0.6 is 0 Å². The van der Waals surface area contributed by atoms with E-state index in [0.29, 0.717) is 5.75 Å². The third kappa shape index (κ3) is 15.1. The lowest BCUT2D eigenvalue weighted by Crippen LogP contribution is -2.03. The molecule has 0 aliphatic rings. The van der Waals surface area contributed by atoms with Crippen LogP contribution in [0.4, 0.5) is 4.39 Å². The summed E-state index contributed by atoms with van der Waals surface area (Å²) >= 11 is 0. The highest BCUT2D eigenvalue weighted by molar-refractivity contribution is 5.68. The largest absolute Gasteiger partial charge is 0.507 e. The number of allylic oxidation sites excluding steroid dienone is 3. The van der Waals surface area contributed by atoms with E-state index in [-0.39, 0.29) is 18.6 Å². The number of carbonyl (C=O) groups is 2. The first-order chi connectivity index (χ1) is 12.3. The number of rotatable bonds is 8. The highest BCUT2D eigenvalue weighted by Gasteiger charge is 2.05. The van der Waals surface area contributed by atoms with Crippen LogP contribution < -0.4 is 0 Å². The zero-order valence-electron chi connectivity index (χ0n) is 16.0. The highest BCUT2D eigenvalue weighted by Crippen LogP contribution is 2.23. The monoisotopic (exact) mass is 366 g/mol. The summed E-state index contributed by atoms with van der Waals surface area (Å²) in [5.74, 6) is -0.0771. The van der Waals surface area contributed by atoms with E-state index >= 15 is 0 Å². The standard InChI is InChI=1S/C11H14O.C8H14O2.C2H3FO/c1-3-6-9(2)10-7-4-5-8-11(10)12;1-3-4-5-7(2)6-8(9)10;3-1-2-4/h4-8,12H,3H2,1-2H3;3,7H,1,4-6H2,2H3,(H,9,10);2H,1H2/b9-6-;;. The van der Waals surface area contributed by atoms with Crippen molar-refractivity contribution in [2.24, 2.45) is 5.92 Å². The van der Waals surface area contributed by atoms with Gasteiger partial charge in [-0.1, -0.05) is 44.2 Å². The van der Waals surface area contributed by atoms with Crippen molar-refractivity contribution in [3.05, 3.63) is 48.6 Å². The first-order valence-corrected chi connectivity index (χ1v) is 8.61. The zero-order chi connectivity index (χ0) is 20.4. The number of phenols is 1. The molecule has 1 aromatic rings. The Kier molecular flexibility index (Phi) is 17.3. The number of para-hydroxylation sites is 1. The minimum absolute atomic E-state index is 0.208. The second-order valence-electron chi connectivity index (χ2n) is 5.70. The van der Waals surface area contributed by atoms with Crippen molar-refractivity contribution in [1.29, 1.82) is 0 Å². The second kappa shape index (κ2) is 17.4. The average molecular weight is 366 g/mol. The predicted octanol–water partition coefficient (Wildman–Crippen LogP) is 5.42. The van der Waals surface area contributed by atoms with Crippen LogP contribution in [0.25, 0.3) is 5.57 Å². The van der Waals surface area contributed by atoms with Crippen LogP contribution in [0.1, 0.15) is 52.0 Å². The van der Waals surface area contributed by atoms with Crippen LogP contribution in [-0.4, -0.2) is 29.1 Å². The number of aliphatic carboxylic acids is 1. The van der Waals surface area contributed by atoms with Crippen LogP contribution in [-0.2, 0) is 9.59 Å². The van der Waals surface area contributed by atoms with E-state index < -0.39 is 12.6 Å². The molecule has 0 spiro atoms. The molecule has 26 heavy (non-hydrogen) atoms. The molecule has 1 rings (SSSR count). The molecule has 146 valence electrons. The number of alkyl halides is 1. The van der Waals surface area contributed by atoms with Gasteiger partial charge >= 0.3 is 5.97 Å². The zero-order valence-corrected chi connectivity index (χ0v) is 16.0. The maximum Gasteiger partial charge on any atom is 0.303 e. The molecular weight excluding hydrogens is 335 g/mol. The lowest BCUT2D eigenvalue weighted by atomic mass is 10.0. The molecule has 0 radical (unpaired) electrons. The molecule has 4 nitrogen and oxygen atoms in total. The Morgan fingerprint density at radius 2 is 1.92 bits per heavy atom. The Bertz CT molecular complexity index is 553. The van der Waals surface area contributed by atoms with E-state index in [2.05, 4.69) is 19.6 Å². The van der Waals surface area contributed by atoms with E-state index in [0.717, 1.165) is 30.4 Å². The number of aromatic hydroxyl groups is 1. The van der Waals surface area contributed by atoms with Gasteiger partial charge in [-0.2, -0.15) is 0 Å². The summed E-state index contributed by atoms with van der Waals surface area (Å²) in [6, 6.07) is 7.40. The molecule has 0 saturated carbocycles. The molecule has 1 unspecified atom stereocenters. The van der Waals surface area contributed by atoms with Crippen molar-refractivity contribution < 1.29 is 24.2 Å². The number of halogens is 1. The Morgan fingerprint density at radius 1 is 1.35 bits per heavy atom. The normalized spacial score (nSPS) is 11.2. The van der Waals surface area contributed by atoms with Crippen LogP contribution in [0.3, 0.4) is 0 Å². The Labute approximate surface area is 156 Å². The molecule has 2 N–H and O–H groups in total. The maximum absolute atomic E-state index is 10.4. The molecule has 0 amide bonds. The number of aldehydes is 1. The fourth-order valence-electron chi connectivity index (χ4n) is 2.03. The lowest BCUT2D eigenvalue weighted by molar-refractivity contribution is -0.138. The summed E-state index contributed by atoms with van der Waals surface area (Å²) < 4.78 is 10.4. The predicted molar refractivity (Wildman–Crippen MR) is 105 cm³/mol. The van der Waals surface area contributed by atoms with Gasteiger partial charge in [-0.05, 0) is 43.7 Å². The number of benzene rings is 1. The summed E-state index contributed by atoms with van der Waals surface area (Å²) in [6.45, 7) is 8.74. The second-order valence-corrected chi connectivity index (χ2v) is 5.70. The Hall–Kier alpha value is -2.43. The van der Waals surface area contributed by atoms with Gasteiger partial charge in [0.15, 0.2) is 6.29 Å². The van der Waals surface area contributed by atoms with E-state index in [4.69, 9.17) is 9.90 Å². The number of hydrogen-bond donors (Lipinski definition) is 2. The molecule has 5 heteroatoms. The Morgan fingerprint density at radius 3 is 2.35 bits per heavy atom. The van der Waals surface area contributed by atoms with Crippen molar-refractivity contribution >= 4 is 17.8 Å². The van der Waals surface area contributed by atoms with Gasteiger partial charge in [0.1, 0.15) is 12.4 Å². The quantitative estimate of drug-likeness (QED) is 0.475. The first kappa shape index (κ1) is 25.8. The highest BCUT2D eigenvalue weighted by atomic mass is 19.1. The number of carboxylic acids is 1. The molecular formula is C21H31FO4.